The van der Waals surface area contributed by atoms with Crippen molar-refractivity contribution < 1.29 is 15.0 Å². The molecule has 0 radical (unpaired) electrons. The van der Waals surface area contributed by atoms with Gasteiger partial charge in [0, 0.05) is 28.6 Å². The highest BCUT2D eigenvalue weighted by molar-refractivity contribution is 7.07. The van der Waals surface area contributed by atoms with Gasteiger partial charge in [-0.3, -0.25) is 4.79 Å². The smallest absolute Gasteiger partial charge is 0.165 e. The van der Waals surface area contributed by atoms with Crippen LogP contribution in [0.5, 0.6) is 0 Å². The molecule has 1 fully saturated rings. The van der Waals surface area contributed by atoms with Gasteiger partial charge in [-0.05, 0) is 32.6 Å². The van der Waals surface area contributed by atoms with E-state index in [9.17, 15) is 15.0 Å². The maximum absolute atomic E-state index is 12.5. The predicted molar refractivity (Wildman–Crippen MR) is 119 cm³/mol. The highest BCUT2D eigenvalue weighted by Gasteiger charge is 2.36. The summed E-state index contributed by atoms with van der Waals surface area (Å²) in [5.41, 5.74) is 10.2. The third kappa shape index (κ3) is 3.38. The summed E-state index contributed by atoms with van der Waals surface area (Å²) in [4.78, 5) is 21.6. The molecule has 10 nitrogen and oxygen atoms in total. The molecule has 4 N–H and O–H groups in total. The Morgan fingerprint density at radius 1 is 1.31 bits per heavy atom. The zero-order valence-corrected chi connectivity index (χ0v) is 18.3. The number of Topliss-reactive ketones (excluding diaryl/α,β-unsaturated/α-hetero) is 1. The Bertz CT molecular complexity index is 1290. The van der Waals surface area contributed by atoms with Crippen LogP contribution in [0.1, 0.15) is 54.6 Å². The van der Waals surface area contributed by atoms with Crippen LogP contribution in [0.15, 0.2) is 29.5 Å². The van der Waals surface area contributed by atoms with Gasteiger partial charge in [-0.2, -0.15) is 14.7 Å². The number of hydrogen-bond acceptors (Lipinski definition) is 9. The van der Waals surface area contributed by atoms with Crippen molar-refractivity contribution >= 4 is 28.6 Å². The first-order chi connectivity index (χ1) is 15.4. The van der Waals surface area contributed by atoms with Crippen LogP contribution in [0.4, 0.5) is 5.82 Å². The number of aliphatic hydroxyl groups excluding tert-OH is 1. The van der Waals surface area contributed by atoms with Crippen molar-refractivity contribution in [3.05, 3.63) is 40.7 Å². The monoisotopic (exact) mass is 453 g/mol. The number of rotatable bonds is 5. The van der Waals surface area contributed by atoms with Crippen molar-refractivity contribution in [1.29, 1.82) is 0 Å². The van der Waals surface area contributed by atoms with Gasteiger partial charge < -0.3 is 15.9 Å². The first kappa shape index (κ1) is 20.7. The molecular formula is C21H23N7O3S. The summed E-state index contributed by atoms with van der Waals surface area (Å²) in [5.74, 6) is 0.749. The number of carbonyl (C=O) groups excluding carboxylic acids is 1. The summed E-state index contributed by atoms with van der Waals surface area (Å²) < 4.78 is 3.17. The zero-order chi connectivity index (χ0) is 22.5. The Morgan fingerprint density at radius 2 is 2.09 bits per heavy atom. The molecule has 0 bridgehead atoms. The number of nitrogens with two attached hydrogens (primary N) is 1. The van der Waals surface area contributed by atoms with Crippen LogP contribution in [0.3, 0.4) is 0 Å². The van der Waals surface area contributed by atoms with Crippen LogP contribution in [0.25, 0.3) is 22.6 Å². The Morgan fingerprint density at radius 3 is 2.75 bits per heavy atom. The zero-order valence-electron chi connectivity index (χ0n) is 17.5. The number of hydrogen-bond donors (Lipinski definition) is 3. The average Bonchev–Trinajstić information content (AvgIpc) is 3.53. The van der Waals surface area contributed by atoms with Gasteiger partial charge in [-0.1, -0.05) is 0 Å². The van der Waals surface area contributed by atoms with Gasteiger partial charge in [0.15, 0.2) is 17.2 Å². The molecule has 166 valence electrons. The second-order valence-electron chi connectivity index (χ2n) is 8.28. The first-order valence-corrected chi connectivity index (χ1v) is 11.3. The van der Waals surface area contributed by atoms with Crippen molar-refractivity contribution in [2.24, 2.45) is 0 Å². The van der Waals surface area contributed by atoms with E-state index in [1.807, 2.05) is 11.6 Å². The van der Waals surface area contributed by atoms with Gasteiger partial charge in [0.25, 0.3) is 0 Å². The normalized spacial score (nSPS) is 21.3. The van der Waals surface area contributed by atoms with E-state index in [0.717, 1.165) is 16.9 Å². The van der Waals surface area contributed by atoms with Gasteiger partial charge in [-0.25, -0.2) is 14.6 Å². The average molecular weight is 454 g/mol. The molecule has 4 aromatic rings. The quantitative estimate of drug-likeness (QED) is 0.390. The van der Waals surface area contributed by atoms with Crippen LogP contribution in [0.2, 0.25) is 0 Å². The molecule has 4 aromatic heterocycles. The SMILES string of the molecule is CC(=O)c1c(C2CCC(O)(CO)CC2)nc2c(-c3cnn(-c4cscn4)c3)cnn2c1N. The van der Waals surface area contributed by atoms with Crippen LogP contribution >= 0.6 is 11.3 Å². The fourth-order valence-electron chi connectivity index (χ4n) is 4.39. The first-order valence-electron chi connectivity index (χ1n) is 10.3. The minimum absolute atomic E-state index is 0.0477. The van der Waals surface area contributed by atoms with Gasteiger partial charge in [0.2, 0.25) is 0 Å². The lowest BCUT2D eigenvalue weighted by Gasteiger charge is -2.34. The molecule has 1 saturated carbocycles. The second-order valence-corrected chi connectivity index (χ2v) is 9.00. The van der Waals surface area contributed by atoms with E-state index in [1.165, 1.54) is 22.8 Å². The van der Waals surface area contributed by atoms with Crippen molar-refractivity contribution in [2.75, 3.05) is 12.3 Å². The number of anilines is 1. The Balaban J connectivity index is 1.60. The molecule has 32 heavy (non-hydrogen) atoms. The molecule has 11 heteroatoms. The summed E-state index contributed by atoms with van der Waals surface area (Å²) in [5, 5.41) is 30.5. The number of fused-ring (bicyclic) bond motifs is 1. The topological polar surface area (TPSA) is 144 Å². The minimum Gasteiger partial charge on any atom is -0.393 e. The third-order valence-electron chi connectivity index (χ3n) is 6.21. The minimum atomic E-state index is -1.07. The van der Waals surface area contributed by atoms with Gasteiger partial charge in [-0.15, -0.1) is 11.3 Å². The number of nitrogens with zero attached hydrogens (tertiary/aromatic N) is 6. The van der Waals surface area contributed by atoms with Crippen molar-refractivity contribution in [1.82, 2.24) is 29.4 Å². The molecule has 0 unspecified atom stereocenters. The summed E-state index contributed by atoms with van der Waals surface area (Å²) in [6, 6.07) is 0. The highest BCUT2D eigenvalue weighted by atomic mass is 32.1. The van der Waals surface area contributed by atoms with Crippen LogP contribution < -0.4 is 5.73 Å². The van der Waals surface area contributed by atoms with Crippen LogP contribution in [0, 0.1) is 0 Å². The van der Waals surface area contributed by atoms with E-state index in [1.54, 1.807) is 22.6 Å². The molecular weight excluding hydrogens is 430 g/mol. The number of carbonyl (C=O) groups is 1. The number of aromatic nitrogens is 6. The molecule has 0 aromatic carbocycles. The fourth-order valence-corrected chi connectivity index (χ4v) is 4.91. The summed E-state index contributed by atoms with van der Waals surface area (Å²) >= 11 is 1.49. The van der Waals surface area contributed by atoms with Crippen molar-refractivity contribution in [2.45, 2.75) is 44.1 Å². The molecule has 0 aliphatic heterocycles. The summed E-state index contributed by atoms with van der Waals surface area (Å²) in [6.07, 6.45) is 7.31. The molecule has 0 amide bonds. The number of thiazole rings is 1. The summed E-state index contributed by atoms with van der Waals surface area (Å²) in [6.45, 7) is 1.20. The standard InChI is InChI=1S/C21H23N7O3S/c1-12(30)17-18(13-2-4-21(31,10-29)5-3-13)26-20-15(7-25-28(20)19(17)22)14-6-24-27(8-14)16-9-32-11-23-16/h6-9,11,13,29,31H,2-5,10,22H2,1H3. The van der Waals surface area contributed by atoms with Crippen LogP contribution in [-0.2, 0) is 0 Å². The van der Waals surface area contributed by atoms with E-state index in [-0.39, 0.29) is 24.1 Å². The number of ketones is 1. The highest BCUT2D eigenvalue weighted by Crippen LogP contribution is 2.40. The van der Waals surface area contributed by atoms with E-state index in [2.05, 4.69) is 15.2 Å². The largest absolute Gasteiger partial charge is 0.393 e. The Kier molecular flexibility index (Phi) is 5.03. The predicted octanol–water partition coefficient (Wildman–Crippen LogP) is 2.20. The Labute approximate surface area is 187 Å². The van der Waals surface area contributed by atoms with E-state index < -0.39 is 5.60 Å². The third-order valence-corrected chi connectivity index (χ3v) is 6.78. The second kappa shape index (κ2) is 7.76. The van der Waals surface area contributed by atoms with E-state index >= 15 is 0 Å². The fraction of sp³-hybridized carbons (Fsp3) is 0.381. The number of nitrogen functional groups attached to an aromatic ring is 1. The van der Waals surface area contributed by atoms with Gasteiger partial charge in [0.05, 0.1) is 41.4 Å². The van der Waals surface area contributed by atoms with E-state index in [0.29, 0.717) is 42.6 Å². The lowest BCUT2D eigenvalue weighted by Crippen LogP contribution is -2.37. The lowest BCUT2D eigenvalue weighted by atomic mass is 9.77. The maximum Gasteiger partial charge on any atom is 0.165 e. The maximum atomic E-state index is 12.5. The van der Waals surface area contributed by atoms with Crippen molar-refractivity contribution in [3.8, 4) is 16.9 Å². The molecule has 0 saturated heterocycles. The van der Waals surface area contributed by atoms with E-state index in [4.69, 9.17) is 10.7 Å². The van der Waals surface area contributed by atoms with Crippen LogP contribution in [-0.4, -0.2) is 57.6 Å². The summed E-state index contributed by atoms with van der Waals surface area (Å²) in [7, 11) is 0. The molecule has 1 aliphatic rings. The molecule has 1 aliphatic carbocycles. The number of aliphatic hydroxyl groups is 2. The Hall–Kier alpha value is -3.15. The van der Waals surface area contributed by atoms with Crippen molar-refractivity contribution in [3.63, 3.8) is 0 Å². The molecule has 4 heterocycles. The molecule has 5 rings (SSSR count). The molecule has 0 spiro atoms. The lowest BCUT2D eigenvalue weighted by molar-refractivity contribution is -0.0458. The van der Waals surface area contributed by atoms with Gasteiger partial charge >= 0.3 is 0 Å². The van der Waals surface area contributed by atoms with Gasteiger partial charge in [0.1, 0.15) is 5.82 Å². The molecule has 0 atom stereocenters.